The standard InChI is InChI=1S/C17H31NO/c1-2-6-15-13-16(9-8-14(15)5-1)18-11-10-17-7-3-4-12-19-17/h14-18H,1-13H2. The van der Waals surface area contributed by atoms with E-state index in [9.17, 15) is 0 Å². The van der Waals surface area contributed by atoms with E-state index in [4.69, 9.17) is 4.74 Å². The number of fused-ring (bicyclic) bond motifs is 1. The third-order valence-electron chi connectivity index (χ3n) is 5.71. The van der Waals surface area contributed by atoms with Crippen LogP contribution in [-0.4, -0.2) is 25.3 Å². The quantitative estimate of drug-likeness (QED) is 0.832. The number of rotatable bonds is 4. The lowest BCUT2D eigenvalue weighted by Crippen LogP contribution is -2.40. The largest absolute Gasteiger partial charge is 0.378 e. The van der Waals surface area contributed by atoms with Crippen LogP contribution in [0.15, 0.2) is 0 Å². The lowest BCUT2D eigenvalue weighted by atomic mass is 9.69. The van der Waals surface area contributed by atoms with Gasteiger partial charge in [0.1, 0.15) is 0 Å². The fourth-order valence-corrected chi connectivity index (χ4v) is 4.54. The fourth-order valence-electron chi connectivity index (χ4n) is 4.54. The van der Waals surface area contributed by atoms with Crippen LogP contribution >= 0.6 is 0 Å². The van der Waals surface area contributed by atoms with Crippen LogP contribution in [0, 0.1) is 11.8 Å². The average molecular weight is 265 g/mol. The molecule has 1 heterocycles. The molecular weight excluding hydrogens is 234 g/mol. The zero-order valence-electron chi connectivity index (χ0n) is 12.4. The molecule has 1 saturated heterocycles. The van der Waals surface area contributed by atoms with Crippen molar-refractivity contribution in [1.82, 2.24) is 5.32 Å². The molecule has 2 nitrogen and oxygen atoms in total. The van der Waals surface area contributed by atoms with Crippen molar-refractivity contribution < 1.29 is 4.74 Å². The lowest BCUT2D eigenvalue weighted by Gasteiger charge is -2.39. The summed E-state index contributed by atoms with van der Waals surface area (Å²) in [4.78, 5) is 0. The fraction of sp³-hybridized carbons (Fsp3) is 1.00. The molecule has 1 N–H and O–H groups in total. The smallest absolute Gasteiger partial charge is 0.0587 e. The molecule has 2 heteroatoms. The molecule has 2 aliphatic carbocycles. The molecule has 0 radical (unpaired) electrons. The van der Waals surface area contributed by atoms with Gasteiger partial charge in [0, 0.05) is 12.6 Å². The summed E-state index contributed by atoms with van der Waals surface area (Å²) in [6, 6.07) is 0.808. The second-order valence-corrected chi connectivity index (χ2v) is 7.05. The van der Waals surface area contributed by atoms with Crippen LogP contribution in [-0.2, 0) is 4.74 Å². The topological polar surface area (TPSA) is 21.3 Å². The third kappa shape index (κ3) is 3.95. The minimum atomic E-state index is 0.548. The molecular formula is C17H31NO. The normalized spacial score (nSPS) is 39.8. The van der Waals surface area contributed by atoms with Gasteiger partial charge in [-0.05, 0) is 63.3 Å². The summed E-state index contributed by atoms with van der Waals surface area (Å²) in [6.07, 6.45) is 16.1. The van der Waals surface area contributed by atoms with Gasteiger partial charge in [-0.1, -0.05) is 25.7 Å². The molecule has 0 bridgehead atoms. The first-order valence-electron chi connectivity index (χ1n) is 8.77. The Morgan fingerprint density at radius 2 is 1.68 bits per heavy atom. The summed E-state index contributed by atoms with van der Waals surface area (Å²) in [7, 11) is 0. The predicted molar refractivity (Wildman–Crippen MR) is 79.3 cm³/mol. The summed E-state index contributed by atoms with van der Waals surface area (Å²) in [5, 5.41) is 3.82. The van der Waals surface area contributed by atoms with Crippen molar-refractivity contribution in [2.24, 2.45) is 11.8 Å². The Hall–Kier alpha value is -0.0800. The molecule has 4 unspecified atom stereocenters. The average Bonchev–Trinajstić information content (AvgIpc) is 2.48. The van der Waals surface area contributed by atoms with Crippen molar-refractivity contribution in [3.8, 4) is 0 Å². The van der Waals surface area contributed by atoms with Crippen LogP contribution < -0.4 is 5.32 Å². The maximum absolute atomic E-state index is 5.81. The molecule has 4 atom stereocenters. The SMILES string of the molecule is C1CCC(CCNC2CCC3CCCCC3C2)OC1. The van der Waals surface area contributed by atoms with Crippen LogP contribution in [0.1, 0.15) is 70.6 Å². The maximum atomic E-state index is 5.81. The Morgan fingerprint density at radius 3 is 2.53 bits per heavy atom. The van der Waals surface area contributed by atoms with Crippen LogP contribution in [0.5, 0.6) is 0 Å². The van der Waals surface area contributed by atoms with Crippen molar-refractivity contribution in [2.45, 2.75) is 82.8 Å². The molecule has 1 aliphatic heterocycles. The zero-order valence-corrected chi connectivity index (χ0v) is 12.4. The minimum absolute atomic E-state index is 0.548. The van der Waals surface area contributed by atoms with E-state index in [0.717, 1.165) is 24.5 Å². The Morgan fingerprint density at radius 1 is 0.842 bits per heavy atom. The van der Waals surface area contributed by atoms with E-state index >= 15 is 0 Å². The molecule has 19 heavy (non-hydrogen) atoms. The van der Waals surface area contributed by atoms with E-state index in [1.807, 2.05) is 0 Å². The number of hydrogen-bond acceptors (Lipinski definition) is 2. The molecule has 3 rings (SSSR count). The predicted octanol–water partition coefficient (Wildman–Crippen LogP) is 3.89. The third-order valence-corrected chi connectivity index (χ3v) is 5.71. The summed E-state index contributed by atoms with van der Waals surface area (Å²) >= 11 is 0. The van der Waals surface area contributed by atoms with E-state index in [1.54, 1.807) is 0 Å². The van der Waals surface area contributed by atoms with Crippen molar-refractivity contribution in [1.29, 1.82) is 0 Å². The first-order chi connectivity index (χ1) is 9.42. The van der Waals surface area contributed by atoms with Gasteiger partial charge in [0.25, 0.3) is 0 Å². The van der Waals surface area contributed by atoms with Gasteiger partial charge in [-0.3, -0.25) is 0 Å². The Bertz CT molecular complexity index is 262. The molecule has 3 aliphatic rings. The van der Waals surface area contributed by atoms with E-state index in [2.05, 4.69) is 5.32 Å². The van der Waals surface area contributed by atoms with Crippen LogP contribution in [0.2, 0.25) is 0 Å². The van der Waals surface area contributed by atoms with Crippen LogP contribution in [0.4, 0.5) is 0 Å². The van der Waals surface area contributed by atoms with Crippen LogP contribution in [0.3, 0.4) is 0 Å². The summed E-state index contributed by atoms with van der Waals surface area (Å²) in [5.41, 5.74) is 0. The first kappa shape index (κ1) is 13.9. The summed E-state index contributed by atoms with van der Waals surface area (Å²) in [6.45, 7) is 2.17. The van der Waals surface area contributed by atoms with E-state index in [-0.39, 0.29) is 0 Å². The van der Waals surface area contributed by atoms with E-state index < -0.39 is 0 Å². The Balaban J connectivity index is 1.34. The second-order valence-electron chi connectivity index (χ2n) is 7.05. The van der Waals surface area contributed by atoms with Gasteiger partial charge in [0.05, 0.1) is 6.10 Å². The highest BCUT2D eigenvalue weighted by molar-refractivity contribution is 4.86. The van der Waals surface area contributed by atoms with Gasteiger partial charge in [-0.25, -0.2) is 0 Å². The summed E-state index contributed by atoms with van der Waals surface area (Å²) < 4.78 is 5.81. The second kappa shape index (κ2) is 7.08. The van der Waals surface area contributed by atoms with Crippen molar-refractivity contribution in [3.63, 3.8) is 0 Å². The van der Waals surface area contributed by atoms with Gasteiger partial charge >= 0.3 is 0 Å². The highest BCUT2D eigenvalue weighted by atomic mass is 16.5. The van der Waals surface area contributed by atoms with E-state index in [1.165, 1.54) is 77.2 Å². The maximum Gasteiger partial charge on any atom is 0.0587 e. The van der Waals surface area contributed by atoms with Gasteiger partial charge in [-0.2, -0.15) is 0 Å². The Labute approximate surface area is 118 Å². The minimum Gasteiger partial charge on any atom is -0.378 e. The molecule has 110 valence electrons. The molecule has 0 aromatic rings. The molecule has 2 saturated carbocycles. The van der Waals surface area contributed by atoms with Crippen molar-refractivity contribution >= 4 is 0 Å². The summed E-state index contributed by atoms with van der Waals surface area (Å²) in [5.74, 6) is 2.12. The number of nitrogens with one attached hydrogen (secondary N) is 1. The van der Waals surface area contributed by atoms with Crippen LogP contribution in [0.25, 0.3) is 0 Å². The number of hydrogen-bond donors (Lipinski definition) is 1. The number of ether oxygens (including phenoxy) is 1. The zero-order chi connectivity index (χ0) is 12.9. The molecule has 0 aromatic heterocycles. The highest BCUT2D eigenvalue weighted by Crippen LogP contribution is 2.40. The van der Waals surface area contributed by atoms with Gasteiger partial charge in [0.2, 0.25) is 0 Å². The Kier molecular flexibility index (Phi) is 5.17. The first-order valence-corrected chi connectivity index (χ1v) is 8.77. The monoisotopic (exact) mass is 265 g/mol. The van der Waals surface area contributed by atoms with Gasteiger partial charge in [-0.15, -0.1) is 0 Å². The molecule has 0 spiro atoms. The lowest BCUT2D eigenvalue weighted by molar-refractivity contribution is 0.0106. The highest BCUT2D eigenvalue weighted by Gasteiger charge is 2.31. The molecule has 3 fully saturated rings. The van der Waals surface area contributed by atoms with E-state index in [0.29, 0.717) is 6.10 Å². The van der Waals surface area contributed by atoms with Gasteiger partial charge in [0.15, 0.2) is 0 Å². The van der Waals surface area contributed by atoms with Crippen molar-refractivity contribution in [2.75, 3.05) is 13.2 Å². The molecule has 0 aromatic carbocycles. The van der Waals surface area contributed by atoms with Crippen molar-refractivity contribution in [3.05, 3.63) is 0 Å². The van der Waals surface area contributed by atoms with Gasteiger partial charge < -0.3 is 10.1 Å². The molecule has 0 amide bonds.